The first kappa shape index (κ1) is 17.5. The minimum absolute atomic E-state index is 0.00783. The molecule has 124 valence electrons. The highest BCUT2D eigenvalue weighted by Crippen LogP contribution is 2.28. The SMILES string of the molecule is COCC(C)NC(=O)CSc1nnc(NC2CCCCC2)s1. The van der Waals surface area contributed by atoms with Crippen LogP contribution < -0.4 is 10.6 Å². The van der Waals surface area contributed by atoms with Crippen LogP contribution in [0, 0.1) is 0 Å². The van der Waals surface area contributed by atoms with Crippen LogP contribution in [-0.2, 0) is 9.53 Å². The number of carbonyl (C=O) groups excluding carboxylic acids is 1. The fourth-order valence-electron chi connectivity index (χ4n) is 2.48. The monoisotopic (exact) mass is 344 g/mol. The van der Waals surface area contributed by atoms with Crippen LogP contribution in [-0.4, -0.2) is 47.7 Å². The summed E-state index contributed by atoms with van der Waals surface area (Å²) in [5.41, 5.74) is 0. The minimum atomic E-state index is -0.00783. The molecule has 1 unspecified atom stereocenters. The van der Waals surface area contributed by atoms with Crippen molar-refractivity contribution in [2.45, 2.75) is 55.5 Å². The van der Waals surface area contributed by atoms with Gasteiger partial charge in [-0.2, -0.15) is 0 Å². The predicted molar refractivity (Wildman–Crippen MR) is 90.6 cm³/mol. The number of methoxy groups -OCH3 is 1. The van der Waals surface area contributed by atoms with Crippen LogP contribution in [0.25, 0.3) is 0 Å². The van der Waals surface area contributed by atoms with Crippen LogP contribution >= 0.6 is 23.1 Å². The highest BCUT2D eigenvalue weighted by Gasteiger charge is 2.15. The Morgan fingerprint density at radius 3 is 2.91 bits per heavy atom. The summed E-state index contributed by atoms with van der Waals surface area (Å²) in [5.74, 6) is 0.345. The summed E-state index contributed by atoms with van der Waals surface area (Å²) in [7, 11) is 1.62. The van der Waals surface area contributed by atoms with Crippen molar-refractivity contribution in [3.05, 3.63) is 0 Å². The zero-order valence-electron chi connectivity index (χ0n) is 13.1. The maximum atomic E-state index is 11.8. The zero-order valence-corrected chi connectivity index (χ0v) is 14.8. The van der Waals surface area contributed by atoms with Gasteiger partial charge >= 0.3 is 0 Å². The standard InChI is InChI=1S/C14H24N4O2S2/c1-10(8-20-2)15-12(19)9-21-14-18-17-13(22-14)16-11-6-4-3-5-7-11/h10-11H,3-9H2,1-2H3,(H,15,19)(H,16,17). The number of rotatable bonds is 8. The Bertz CT molecular complexity index is 463. The summed E-state index contributed by atoms with van der Waals surface area (Å²) in [6.07, 6.45) is 6.34. The Kier molecular flexibility index (Phi) is 7.41. The van der Waals surface area contributed by atoms with E-state index in [1.807, 2.05) is 6.92 Å². The summed E-state index contributed by atoms with van der Waals surface area (Å²) in [6, 6.07) is 0.550. The third kappa shape index (κ3) is 6.10. The molecule has 22 heavy (non-hydrogen) atoms. The molecule has 0 spiro atoms. The largest absolute Gasteiger partial charge is 0.383 e. The molecule has 1 atom stereocenters. The molecule has 1 aliphatic carbocycles. The van der Waals surface area contributed by atoms with Crippen molar-refractivity contribution in [3.63, 3.8) is 0 Å². The maximum Gasteiger partial charge on any atom is 0.230 e. The number of amides is 1. The molecule has 1 heterocycles. The Morgan fingerprint density at radius 1 is 1.41 bits per heavy atom. The number of carbonyl (C=O) groups is 1. The average Bonchev–Trinajstić information content (AvgIpc) is 2.94. The van der Waals surface area contributed by atoms with Gasteiger partial charge in [-0.1, -0.05) is 42.4 Å². The molecule has 8 heteroatoms. The van der Waals surface area contributed by atoms with Gasteiger partial charge in [0.1, 0.15) is 0 Å². The second kappa shape index (κ2) is 9.32. The molecule has 0 radical (unpaired) electrons. The van der Waals surface area contributed by atoms with E-state index in [0.717, 1.165) is 9.47 Å². The maximum absolute atomic E-state index is 11.8. The Labute approximate surface area is 139 Å². The highest BCUT2D eigenvalue weighted by atomic mass is 32.2. The van der Waals surface area contributed by atoms with Crippen molar-refractivity contribution < 1.29 is 9.53 Å². The lowest BCUT2D eigenvalue weighted by molar-refractivity contribution is -0.119. The van der Waals surface area contributed by atoms with Crippen LogP contribution in [0.2, 0.25) is 0 Å². The second-order valence-electron chi connectivity index (χ2n) is 5.56. The van der Waals surface area contributed by atoms with Gasteiger partial charge in [-0.15, -0.1) is 10.2 Å². The number of hydrogen-bond acceptors (Lipinski definition) is 7. The minimum Gasteiger partial charge on any atom is -0.383 e. The van der Waals surface area contributed by atoms with Crippen molar-refractivity contribution in [1.29, 1.82) is 0 Å². The van der Waals surface area contributed by atoms with Crippen LogP contribution in [0.1, 0.15) is 39.0 Å². The highest BCUT2D eigenvalue weighted by molar-refractivity contribution is 8.01. The second-order valence-corrected chi connectivity index (χ2v) is 7.76. The molecular formula is C14H24N4O2S2. The molecule has 6 nitrogen and oxygen atoms in total. The number of nitrogens with one attached hydrogen (secondary N) is 2. The summed E-state index contributed by atoms with van der Waals surface area (Å²) >= 11 is 2.95. The molecule has 0 bridgehead atoms. The third-order valence-electron chi connectivity index (χ3n) is 3.49. The predicted octanol–water partition coefficient (Wildman–Crippen LogP) is 2.53. The zero-order chi connectivity index (χ0) is 15.8. The number of anilines is 1. The number of aromatic nitrogens is 2. The fraction of sp³-hybridized carbons (Fsp3) is 0.786. The summed E-state index contributed by atoms with van der Waals surface area (Å²) < 4.78 is 5.82. The van der Waals surface area contributed by atoms with Gasteiger partial charge in [0.05, 0.1) is 12.4 Å². The van der Waals surface area contributed by atoms with E-state index in [1.165, 1.54) is 55.2 Å². The van der Waals surface area contributed by atoms with E-state index >= 15 is 0 Å². The molecule has 1 aliphatic rings. The van der Waals surface area contributed by atoms with E-state index in [1.54, 1.807) is 7.11 Å². The number of ether oxygens (including phenoxy) is 1. The first-order valence-electron chi connectivity index (χ1n) is 7.68. The lowest BCUT2D eigenvalue weighted by Gasteiger charge is -2.21. The average molecular weight is 345 g/mol. The molecule has 1 aromatic rings. The van der Waals surface area contributed by atoms with Crippen LogP contribution in [0.3, 0.4) is 0 Å². The van der Waals surface area contributed by atoms with Crippen molar-refractivity contribution in [1.82, 2.24) is 15.5 Å². The molecule has 1 aromatic heterocycles. The summed E-state index contributed by atoms with van der Waals surface area (Å²) in [6.45, 7) is 2.44. The number of nitrogens with zero attached hydrogens (tertiary/aromatic N) is 2. The molecule has 1 fully saturated rings. The molecule has 2 N–H and O–H groups in total. The Hall–Kier alpha value is -0.860. The summed E-state index contributed by atoms with van der Waals surface area (Å²) in [5, 5.41) is 15.5. The van der Waals surface area contributed by atoms with Crippen LogP contribution in [0.15, 0.2) is 4.34 Å². The molecule has 0 aromatic carbocycles. The van der Waals surface area contributed by atoms with Gasteiger partial charge in [0.25, 0.3) is 0 Å². The molecule has 0 saturated heterocycles. The van der Waals surface area contributed by atoms with Crippen molar-refractivity contribution in [3.8, 4) is 0 Å². The van der Waals surface area contributed by atoms with Gasteiger partial charge in [-0.05, 0) is 19.8 Å². The topological polar surface area (TPSA) is 76.1 Å². The lowest BCUT2D eigenvalue weighted by atomic mass is 9.96. The van der Waals surface area contributed by atoms with E-state index in [-0.39, 0.29) is 11.9 Å². The van der Waals surface area contributed by atoms with Gasteiger partial charge in [-0.25, -0.2) is 0 Å². The van der Waals surface area contributed by atoms with E-state index in [9.17, 15) is 4.79 Å². The first-order valence-corrected chi connectivity index (χ1v) is 9.48. The van der Waals surface area contributed by atoms with Gasteiger partial charge < -0.3 is 15.4 Å². The van der Waals surface area contributed by atoms with Gasteiger partial charge in [0, 0.05) is 19.2 Å². The van der Waals surface area contributed by atoms with E-state index < -0.39 is 0 Å². The molecule has 1 amide bonds. The van der Waals surface area contributed by atoms with Gasteiger partial charge in [0.2, 0.25) is 11.0 Å². The van der Waals surface area contributed by atoms with Crippen LogP contribution in [0.4, 0.5) is 5.13 Å². The first-order chi connectivity index (χ1) is 10.7. The number of thioether (sulfide) groups is 1. The van der Waals surface area contributed by atoms with Crippen LogP contribution in [0.5, 0.6) is 0 Å². The summed E-state index contributed by atoms with van der Waals surface area (Å²) in [4.78, 5) is 11.8. The van der Waals surface area contributed by atoms with E-state index in [4.69, 9.17) is 4.74 Å². The molecule has 2 rings (SSSR count). The molecule has 0 aliphatic heterocycles. The van der Waals surface area contributed by atoms with Gasteiger partial charge in [-0.3, -0.25) is 4.79 Å². The normalized spacial score (nSPS) is 17.2. The van der Waals surface area contributed by atoms with E-state index in [2.05, 4.69) is 20.8 Å². The van der Waals surface area contributed by atoms with Crippen molar-refractivity contribution in [2.24, 2.45) is 0 Å². The third-order valence-corrected chi connectivity index (χ3v) is 5.48. The fourth-order valence-corrected chi connectivity index (χ4v) is 4.12. The van der Waals surface area contributed by atoms with Crippen molar-refractivity contribution >= 4 is 34.1 Å². The quantitative estimate of drug-likeness (QED) is 0.706. The number of hydrogen-bond donors (Lipinski definition) is 2. The molecular weight excluding hydrogens is 320 g/mol. The lowest BCUT2D eigenvalue weighted by Crippen LogP contribution is -2.36. The Morgan fingerprint density at radius 2 is 2.18 bits per heavy atom. The van der Waals surface area contributed by atoms with E-state index in [0.29, 0.717) is 18.4 Å². The Balaban J connectivity index is 1.71. The van der Waals surface area contributed by atoms with Crippen molar-refractivity contribution in [2.75, 3.05) is 24.8 Å². The van der Waals surface area contributed by atoms with Gasteiger partial charge in [0.15, 0.2) is 4.34 Å². The smallest absolute Gasteiger partial charge is 0.230 e. The molecule has 1 saturated carbocycles.